The van der Waals surface area contributed by atoms with Gasteiger partial charge in [-0.15, -0.1) is 0 Å². The SMILES string of the molecule is CC(C)(C)OC(=O)Nc1ccc(-c2cccc(C(F)F)c2)cc1C(=O)O. The number of hydrogen-bond acceptors (Lipinski definition) is 3. The highest BCUT2D eigenvalue weighted by Crippen LogP contribution is 2.29. The van der Waals surface area contributed by atoms with Crippen LogP contribution in [0.1, 0.15) is 43.1 Å². The van der Waals surface area contributed by atoms with Gasteiger partial charge in [0.2, 0.25) is 0 Å². The average Bonchev–Trinajstić information content (AvgIpc) is 2.53. The maximum absolute atomic E-state index is 12.9. The van der Waals surface area contributed by atoms with Crippen LogP contribution < -0.4 is 5.32 Å². The second kappa shape index (κ2) is 7.51. The van der Waals surface area contributed by atoms with Gasteiger partial charge < -0.3 is 9.84 Å². The second-order valence-electron chi connectivity index (χ2n) is 6.62. The monoisotopic (exact) mass is 363 g/mol. The summed E-state index contributed by atoms with van der Waals surface area (Å²) in [5.41, 5.74) is -0.108. The molecule has 0 saturated heterocycles. The summed E-state index contributed by atoms with van der Waals surface area (Å²) in [4.78, 5) is 23.4. The van der Waals surface area contributed by atoms with Crippen LogP contribution in [-0.4, -0.2) is 22.8 Å². The lowest BCUT2D eigenvalue weighted by Gasteiger charge is -2.20. The van der Waals surface area contributed by atoms with Crippen molar-refractivity contribution in [2.45, 2.75) is 32.8 Å². The molecule has 0 spiro atoms. The smallest absolute Gasteiger partial charge is 0.412 e. The normalized spacial score (nSPS) is 11.3. The van der Waals surface area contributed by atoms with E-state index in [1.54, 1.807) is 32.9 Å². The Morgan fingerprint density at radius 3 is 2.31 bits per heavy atom. The summed E-state index contributed by atoms with van der Waals surface area (Å²) < 4.78 is 30.8. The van der Waals surface area contributed by atoms with E-state index in [0.29, 0.717) is 11.1 Å². The van der Waals surface area contributed by atoms with E-state index in [0.717, 1.165) is 0 Å². The van der Waals surface area contributed by atoms with Gasteiger partial charge in [0, 0.05) is 5.56 Å². The van der Waals surface area contributed by atoms with Gasteiger partial charge in [0.15, 0.2) is 0 Å². The van der Waals surface area contributed by atoms with Crippen molar-refractivity contribution in [2.75, 3.05) is 5.32 Å². The van der Waals surface area contributed by atoms with Gasteiger partial charge in [-0.25, -0.2) is 18.4 Å². The number of ether oxygens (including phenoxy) is 1. The standard InChI is InChI=1S/C19H19F2NO4/c1-19(2,3)26-18(25)22-15-8-7-12(10-14(15)17(23)24)11-5-4-6-13(9-11)16(20)21/h4-10,16H,1-3H3,(H,22,25)(H,23,24). The highest BCUT2D eigenvalue weighted by atomic mass is 19.3. The number of carboxylic acid groups (broad SMARTS) is 1. The average molecular weight is 363 g/mol. The Hall–Kier alpha value is -2.96. The van der Waals surface area contributed by atoms with E-state index >= 15 is 0 Å². The number of amides is 1. The molecule has 138 valence electrons. The molecule has 5 nitrogen and oxygen atoms in total. The van der Waals surface area contributed by atoms with Crippen molar-refractivity contribution in [1.29, 1.82) is 0 Å². The van der Waals surface area contributed by atoms with Crippen LogP contribution in [-0.2, 0) is 4.74 Å². The molecule has 2 aromatic rings. The molecule has 0 aliphatic rings. The lowest BCUT2D eigenvalue weighted by molar-refractivity contribution is 0.0636. The molecular formula is C19H19F2NO4. The zero-order valence-corrected chi connectivity index (χ0v) is 14.5. The predicted molar refractivity (Wildman–Crippen MR) is 93.7 cm³/mol. The van der Waals surface area contributed by atoms with Crippen molar-refractivity contribution in [3.8, 4) is 11.1 Å². The van der Waals surface area contributed by atoms with Gasteiger partial charge in [-0.2, -0.15) is 0 Å². The van der Waals surface area contributed by atoms with Crippen LogP contribution in [0.5, 0.6) is 0 Å². The van der Waals surface area contributed by atoms with Gasteiger partial charge in [0.05, 0.1) is 11.3 Å². The highest BCUT2D eigenvalue weighted by molar-refractivity contribution is 6.00. The lowest BCUT2D eigenvalue weighted by atomic mass is 10.00. The van der Waals surface area contributed by atoms with Crippen LogP contribution in [0, 0.1) is 0 Å². The zero-order valence-electron chi connectivity index (χ0n) is 14.5. The van der Waals surface area contributed by atoms with Crippen LogP contribution in [0.3, 0.4) is 0 Å². The molecule has 0 radical (unpaired) electrons. The molecule has 0 unspecified atom stereocenters. The number of carbonyl (C=O) groups excluding carboxylic acids is 1. The van der Waals surface area contributed by atoms with Gasteiger partial charge in [-0.1, -0.05) is 24.3 Å². The predicted octanol–water partition coefficient (Wildman–Crippen LogP) is 5.34. The Bertz CT molecular complexity index is 829. The van der Waals surface area contributed by atoms with E-state index < -0.39 is 24.1 Å². The Kier molecular flexibility index (Phi) is 5.59. The van der Waals surface area contributed by atoms with E-state index in [1.165, 1.54) is 30.3 Å². The molecule has 1 amide bonds. The maximum Gasteiger partial charge on any atom is 0.412 e. The van der Waals surface area contributed by atoms with Crippen LogP contribution in [0.15, 0.2) is 42.5 Å². The fourth-order valence-corrected chi connectivity index (χ4v) is 2.28. The molecule has 0 saturated carbocycles. The highest BCUT2D eigenvalue weighted by Gasteiger charge is 2.19. The second-order valence-corrected chi connectivity index (χ2v) is 6.62. The molecule has 0 aliphatic carbocycles. The summed E-state index contributed by atoms with van der Waals surface area (Å²) in [7, 11) is 0. The van der Waals surface area contributed by atoms with E-state index in [4.69, 9.17) is 4.74 Å². The van der Waals surface area contributed by atoms with Crippen molar-refractivity contribution in [1.82, 2.24) is 0 Å². The molecule has 2 rings (SSSR count). The summed E-state index contributed by atoms with van der Waals surface area (Å²) in [5.74, 6) is -1.26. The van der Waals surface area contributed by atoms with E-state index in [-0.39, 0.29) is 16.8 Å². The summed E-state index contributed by atoms with van der Waals surface area (Å²) in [5, 5.41) is 11.8. The number of nitrogens with one attached hydrogen (secondary N) is 1. The number of benzene rings is 2. The molecule has 0 fully saturated rings. The third kappa shape index (κ3) is 5.02. The van der Waals surface area contributed by atoms with Crippen molar-refractivity contribution in [3.05, 3.63) is 53.6 Å². The molecule has 0 heterocycles. The first-order valence-corrected chi connectivity index (χ1v) is 7.82. The Morgan fingerprint density at radius 1 is 1.08 bits per heavy atom. The summed E-state index contributed by atoms with van der Waals surface area (Å²) in [6.45, 7) is 5.05. The molecule has 0 atom stereocenters. The number of anilines is 1. The minimum absolute atomic E-state index is 0.0560. The third-order valence-corrected chi connectivity index (χ3v) is 3.36. The topological polar surface area (TPSA) is 75.6 Å². The van der Waals surface area contributed by atoms with Gasteiger partial charge in [0.25, 0.3) is 6.43 Å². The minimum atomic E-state index is -2.62. The third-order valence-electron chi connectivity index (χ3n) is 3.36. The van der Waals surface area contributed by atoms with E-state index in [2.05, 4.69) is 5.32 Å². The van der Waals surface area contributed by atoms with Crippen LogP contribution in [0.2, 0.25) is 0 Å². The Morgan fingerprint density at radius 2 is 1.73 bits per heavy atom. The number of alkyl halides is 2. The lowest BCUT2D eigenvalue weighted by Crippen LogP contribution is -2.27. The Balaban J connectivity index is 2.36. The number of carboxylic acids is 1. The van der Waals surface area contributed by atoms with E-state index in [1.807, 2.05) is 0 Å². The summed E-state index contributed by atoms with van der Waals surface area (Å²) in [6, 6.07) is 9.94. The molecule has 0 aliphatic heterocycles. The molecule has 0 bridgehead atoms. The molecule has 26 heavy (non-hydrogen) atoms. The molecule has 2 aromatic carbocycles. The van der Waals surface area contributed by atoms with Crippen LogP contribution in [0.25, 0.3) is 11.1 Å². The fourth-order valence-electron chi connectivity index (χ4n) is 2.28. The minimum Gasteiger partial charge on any atom is -0.478 e. The largest absolute Gasteiger partial charge is 0.478 e. The molecule has 7 heteroatoms. The first kappa shape index (κ1) is 19.4. The van der Waals surface area contributed by atoms with E-state index in [9.17, 15) is 23.5 Å². The van der Waals surface area contributed by atoms with Gasteiger partial charge in [-0.3, -0.25) is 5.32 Å². The number of hydrogen-bond donors (Lipinski definition) is 2. The van der Waals surface area contributed by atoms with Crippen molar-refractivity contribution >= 4 is 17.7 Å². The van der Waals surface area contributed by atoms with Crippen LogP contribution >= 0.6 is 0 Å². The quantitative estimate of drug-likeness (QED) is 0.769. The Labute approximate surface area is 149 Å². The summed E-state index contributed by atoms with van der Waals surface area (Å²) in [6.07, 6.45) is -3.41. The number of aromatic carboxylic acids is 1. The first-order valence-electron chi connectivity index (χ1n) is 7.82. The zero-order chi connectivity index (χ0) is 19.5. The van der Waals surface area contributed by atoms with Crippen molar-refractivity contribution < 1.29 is 28.2 Å². The van der Waals surface area contributed by atoms with Crippen molar-refractivity contribution in [2.24, 2.45) is 0 Å². The molecule has 2 N–H and O–H groups in total. The summed E-state index contributed by atoms with van der Waals surface area (Å²) >= 11 is 0. The molecule has 0 aromatic heterocycles. The fraction of sp³-hybridized carbons (Fsp3) is 0.263. The first-order chi connectivity index (χ1) is 12.1. The van der Waals surface area contributed by atoms with Gasteiger partial charge in [-0.05, 0) is 50.1 Å². The van der Waals surface area contributed by atoms with Gasteiger partial charge >= 0.3 is 12.1 Å². The van der Waals surface area contributed by atoms with Crippen LogP contribution in [0.4, 0.5) is 19.3 Å². The number of rotatable bonds is 4. The maximum atomic E-state index is 12.9. The van der Waals surface area contributed by atoms with Gasteiger partial charge in [0.1, 0.15) is 5.60 Å². The van der Waals surface area contributed by atoms with Crippen molar-refractivity contribution in [3.63, 3.8) is 0 Å². The molecular weight excluding hydrogens is 344 g/mol. The number of carbonyl (C=O) groups is 2. The number of halogens is 2.